The highest BCUT2D eigenvalue weighted by Crippen LogP contribution is 2.15. The van der Waals surface area contributed by atoms with Crippen molar-refractivity contribution in [2.45, 2.75) is 33.2 Å². The summed E-state index contributed by atoms with van der Waals surface area (Å²) in [5.41, 5.74) is 2.00. The molecule has 1 aromatic carbocycles. The molecule has 6 heteroatoms. The summed E-state index contributed by atoms with van der Waals surface area (Å²) in [6.07, 6.45) is 2.48. The van der Waals surface area contributed by atoms with E-state index in [0.717, 1.165) is 24.3 Å². The highest BCUT2D eigenvalue weighted by molar-refractivity contribution is 5.95. The summed E-state index contributed by atoms with van der Waals surface area (Å²) in [7, 11) is 3.99. The fraction of sp³-hybridized carbons (Fsp3) is 0.474. The van der Waals surface area contributed by atoms with Crippen LogP contribution < -0.4 is 5.32 Å². The number of amides is 1. The summed E-state index contributed by atoms with van der Waals surface area (Å²) in [4.78, 5) is 14.8. The van der Waals surface area contributed by atoms with Gasteiger partial charge < -0.3 is 10.2 Å². The van der Waals surface area contributed by atoms with Crippen LogP contribution >= 0.6 is 0 Å². The Bertz CT molecular complexity index is 697. The van der Waals surface area contributed by atoms with Gasteiger partial charge in [0.15, 0.2) is 0 Å². The molecule has 0 aliphatic heterocycles. The molecule has 0 fully saturated rings. The minimum absolute atomic E-state index is 0.0797. The molecular weight excluding hydrogens is 319 g/mol. The number of benzene rings is 1. The van der Waals surface area contributed by atoms with Crippen LogP contribution in [-0.4, -0.2) is 47.3 Å². The van der Waals surface area contributed by atoms with Gasteiger partial charge in [0, 0.05) is 12.6 Å². The Morgan fingerprint density at radius 3 is 2.48 bits per heavy atom. The van der Waals surface area contributed by atoms with Gasteiger partial charge in [0.1, 0.15) is 5.82 Å². The van der Waals surface area contributed by atoms with Crippen molar-refractivity contribution in [1.29, 1.82) is 0 Å². The lowest BCUT2D eigenvalue weighted by Crippen LogP contribution is -2.42. The normalized spacial score (nSPS) is 12.6. The Hall–Kier alpha value is -2.21. The summed E-state index contributed by atoms with van der Waals surface area (Å²) in [5, 5.41) is 7.41. The quantitative estimate of drug-likeness (QED) is 0.838. The largest absolute Gasteiger partial charge is 0.348 e. The molecule has 0 aliphatic rings. The second kappa shape index (κ2) is 8.25. The Morgan fingerprint density at radius 2 is 1.92 bits per heavy atom. The molecule has 1 unspecified atom stereocenters. The zero-order chi connectivity index (χ0) is 18.6. The molecule has 0 aliphatic carbocycles. The van der Waals surface area contributed by atoms with Crippen molar-refractivity contribution in [2.24, 2.45) is 5.92 Å². The molecule has 1 atom stereocenters. The van der Waals surface area contributed by atoms with Crippen LogP contribution in [0.5, 0.6) is 0 Å². The zero-order valence-electron chi connectivity index (χ0n) is 15.6. The van der Waals surface area contributed by atoms with Crippen molar-refractivity contribution in [3.05, 3.63) is 47.5 Å². The van der Waals surface area contributed by atoms with E-state index in [1.165, 1.54) is 12.1 Å². The number of halogens is 1. The van der Waals surface area contributed by atoms with Gasteiger partial charge in [0.05, 0.1) is 23.1 Å². The Labute approximate surface area is 148 Å². The van der Waals surface area contributed by atoms with Crippen LogP contribution in [0.3, 0.4) is 0 Å². The zero-order valence-corrected chi connectivity index (χ0v) is 15.6. The fourth-order valence-electron chi connectivity index (χ4n) is 2.93. The number of aromatic nitrogens is 2. The van der Waals surface area contributed by atoms with Crippen molar-refractivity contribution in [3.63, 3.8) is 0 Å². The van der Waals surface area contributed by atoms with E-state index in [0.29, 0.717) is 11.5 Å². The van der Waals surface area contributed by atoms with Crippen LogP contribution in [0.4, 0.5) is 4.39 Å². The lowest BCUT2D eigenvalue weighted by molar-refractivity contribution is 0.0924. The molecule has 2 rings (SSSR count). The summed E-state index contributed by atoms with van der Waals surface area (Å²) < 4.78 is 14.7. The third kappa shape index (κ3) is 5.13. The van der Waals surface area contributed by atoms with Crippen molar-refractivity contribution in [3.8, 4) is 5.69 Å². The summed E-state index contributed by atoms with van der Waals surface area (Å²) in [6, 6.07) is 6.13. The van der Waals surface area contributed by atoms with E-state index in [1.807, 2.05) is 21.0 Å². The standard InChI is InChI=1S/C19H27FN4O/c1-13(2)10-16(12-23(4)5)22-19(25)18-11-21-24(14(18)3)17-8-6-15(20)7-9-17/h6-9,11,13,16H,10,12H2,1-5H3,(H,22,25). The van der Waals surface area contributed by atoms with Crippen LogP contribution in [0.2, 0.25) is 0 Å². The summed E-state index contributed by atoms with van der Waals surface area (Å²) in [6.45, 7) is 6.92. The Kier molecular flexibility index (Phi) is 6.31. The van der Waals surface area contributed by atoms with E-state index >= 15 is 0 Å². The first-order chi connectivity index (χ1) is 11.8. The molecule has 0 saturated carbocycles. The molecule has 1 aromatic heterocycles. The van der Waals surface area contributed by atoms with E-state index in [2.05, 4.69) is 29.2 Å². The van der Waals surface area contributed by atoms with Gasteiger partial charge in [-0.15, -0.1) is 0 Å². The molecule has 25 heavy (non-hydrogen) atoms. The Morgan fingerprint density at radius 1 is 1.28 bits per heavy atom. The van der Waals surface area contributed by atoms with E-state index in [-0.39, 0.29) is 17.8 Å². The van der Waals surface area contributed by atoms with Crippen molar-refractivity contribution in [2.75, 3.05) is 20.6 Å². The van der Waals surface area contributed by atoms with Crippen LogP contribution in [0.15, 0.2) is 30.5 Å². The molecule has 0 radical (unpaired) electrons. The second-order valence-electron chi connectivity index (χ2n) is 7.09. The molecule has 0 spiro atoms. The number of nitrogens with one attached hydrogen (secondary N) is 1. The monoisotopic (exact) mass is 346 g/mol. The van der Waals surface area contributed by atoms with Gasteiger partial charge in [-0.3, -0.25) is 4.79 Å². The van der Waals surface area contributed by atoms with E-state index in [4.69, 9.17) is 0 Å². The number of rotatable bonds is 7. The lowest BCUT2D eigenvalue weighted by atomic mass is 10.0. The second-order valence-corrected chi connectivity index (χ2v) is 7.09. The predicted octanol–water partition coefficient (Wildman–Crippen LogP) is 3.03. The average Bonchev–Trinajstić information content (AvgIpc) is 2.88. The van der Waals surface area contributed by atoms with Gasteiger partial charge in [-0.2, -0.15) is 5.10 Å². The lowest BCUT2D eigenvalue weighted by Gasteiger charge is -2.24. The van der Waals surface area contributed by atoms with Gasteiger partial charge in [-0.1, -0.05) is 13.8 Å². The number of hydrogen-bond donors (Lipinski definition) is 1. The van der Waals surface area contributed by atoms with E-state index in [9.17, 15) is 9.18 Å². The highest BCUT2D eigenvalue weighted by atomic mass is 19.1. The maximum absolute atomic E-state index is 13.1. The first kappa shape index (κ1) is 19.1. The van der Waals surface area contributed by atoms with Gasteiger partial charge >= 0.3 is 0 Å². The third-order valence-corrected chi connectivity index (χ3v) is 4.00. The minimum Gasteiger partial charge on any atom is -0.348 e. The van der Waals surface area contributed by atoms with Crippen molar-refractivity contribution < 1.29 is 9.18 Å². The number of likely N-dealkylation sites (N-methyl/N-ethyl adjacent to an activating group) is 1. The number of hydrogen-bond acceptors (Lipinski definition) is 3. The van der Waals surface area contributed by atoms with E-state index in [1.54, 1.807) is 23.0 Å². The molecule has 0 bridgehead atoms. The molecule has 5 nitrogen and oxygen atoms in total. The molecule has 136 valence electrons. The maximum Gasteiger partial charge on any atom is 0.255 e. The molecule has 0 saturated heterocycles. The third-order valence-electron chi connectivity index (χ3n) is 4.00. The number of carbonyl (C=O) groups is 1. The van der Waals surface area contributed by atoms with Gasteiger partial charge in [0.25, 0.3) is 5.91 Å². The van der Waals surface area contributed by atoms with Crippen LogP contribution in [0, 0.1) is 18.7 Å². The summed E-state index contributed by atoms with van der Waals surface area (Å²) in [5.74, 6) is 0.0679. The van der Waals surface area contributed by atoms with Gasteiger partial charge in [-0.25, -0.2) is 9.07 Å². The average molecular weight is 346 g/mol. The SMILES string of the molecule is Cc1c(C(=O)NC(CC(C)C)CN(C)C)cnn1-c1ccc(F)cc1. The molecule has 2 aromatic rings. The maximum atomic E-state index is 13.1. The molecular formula is C19H27FN4O. The minimum atomic E-state index is -0.299. The van der Waals surface area contributed by atoms with E-state index < -0.39 is 0 Å². The van der Waals surface area contributed by atoms with Crippen LogP contribution in [0.25, 0.3) is 5.69 Å². The first-order valence-electron chi connectivity index (χ1n) is 8.54. The van der Waals surface area contributed by atoms with Crippen molar-refractivity contribution >= 4 is 5.91 Å². The van der Waals surface area contributed by atoms with Crippen LogP contribution in [0.1, 0.15) is 36.3 Å². The summed E-state index contributed by atoms with van der Waals surface area (Å²) >= 11 is 0. The fourth-order valence-corrected chi connectivity index (χ4v) is 2.93. The van der Waals surface area contributed by atoms with Crippen LogP contribution in [-0.2, 0) is 0 Å². The highest BCUT2D eigenvalue weighted by Gasteiger charge is 2.20. The molecule has 1 amide bonds. The predicted molar refractivity (Wildman–Crippen MR) is 97.5 cm³/mol. The first-order valence-corrected chi connectivity index (χ1v) is 8.54. The van der Waals surface area contributed by atoms with Gasteiger partial charge in [-0.05, 0) is 57.6 Å². The number of carbonyl (C=O) groups excluding carboxylic acids is 1. The number of nitrogens with zero attached hydrogens (tertiary/aromatic N) is 3. The van der Waals surface area contributed by atoms with Crippen molar-refractivity contribution in [1.82, 2.24) is 20.0 Å². The molecule has 1 heterocycles. The molecule has 1 N–H and O–H groups in total. The topological polar surface area (TPSA) is 50.2 Å². The Balaban J connectivity index is 2.17. The van der Waals surface area contributed by atoms with Gasteiger partial charge in [0.2, 0.25) is 0 Å². The smallest absolute Gasteiger partial charge is 0.255 e.